The third kappa shape index (κ3) is 7.75. The van der Waals surface area contributed by atoms with Crippen molar-refractivity contribution in [3.63, 3.8) is 0 Å². The van der Waals surface area contributed by atoms with Gasteiger partial charge >= 0.3 is 15.2 Å². The maximum Gasteiger partial charge on any atom is 0.330 e. The van der Waals surface area contributed by atoms with Gasteiger partial charge in [0, 0.05) is 39.8 Å². The first kappa shape index (κ1) is 23.2. The minimum atomic E-state index is -2.95. The fourth-order valence-corrected chi connectivity index (χ4v) is 5.19. The highest BCUT2D eigenvalue weighted by Crippen LogP contribution is 2.53. The third-order valence-corrected chi connectivity index (χ3v) is 8.04. The second-order valence-electron chi connectivity index (χ2n) is 6.37. The molecule has 0 saturated carbocycles. The van der Waals surface area contributed by atoms with Crippen LogP contribution in [-0.4, -0.2) is 71.0 Å². The second-order valence-corrected chi connectivity index (χ2v) is 10.9. The molecule has 0 amide bonds. The van der Waals surface area contributed by atoms with Gasteiger partial charge in [-0.2, -0.15) is 0 Å². The van der Waals surface area contributed by atoms with Gasteiger partial charge in [0.05, 0.1) is 32.1 Å². The van der Waals surface area contributed by atoms with Gasteiger partial charge in [-0.05, 0) is 13.8 Å². The van der Waals surface area contributed by atoms with Gasteiger partial charge in [-0.1, -0.05) is 0 Å². The molecule has 2 unspecified atom stereocenters. The average Bonchev–Trinajstić information content (AvgIpc) is 2.99. The van der Waals surface area contributed by atoms with Crippen LogP contribution in [0.25, 0.3) is 0 Å². The van der Waals surface area contributed by atoms with Crippen molar-refractivity contribution in [3.05, 3.63) is 0 Å². The maximum atomic E-state index is 11.8. The summed E-state index contributed by atoms with van der Waals surface area (Å²) in [7, 11) is -1.60. The zero-order valence-electron chi connectivity index (χ0n) is 15.5. The monoisotopic (exact) mass is 404 g/mol. The Hall–Kier alpha value is 0.180. The van der Waals surface area contributed by atoms with Crippen molar-refractivity contribution in [1.29, 1.82) is 0 Å². The summed E-state index contributed by atoms with van der Waals surface area (Å²) in [6.45, 7) is 5.12. The molecule has 2 aliphatic rings. The van der Waals surface area contributed by atoms with E-state index in [0.717, 1.165) is 0 Å². The van der Waals surface area contributed by atoms with E-state index >= 15 is 0 Å². The first-order chi connectivity index (χ1) is 11.6. The number of rotatable bonds is 6. The Morgan fingerprint density at radius 3 is 2.04 bits per heavy atom. The van der Waals surface area contributed by atoms with Crippen molar-refractivity contribution in [2.24, 2.45) is 11.8 Å². The summed E-state index contributed by atoms with van der Waals surface area (Å²) >= 11 is 0. The summed E-state index contributed by atoms with van der Waals surface area (Å²) in [4.78, 5) is 0. The van der Waals surface area contributed by atoms with Crippen LogP contribution in [0.1, 0.15) is 13.8 Å². The van der Waals surface area contributed by atoms with E-state index < -0.39 is 21.0 Å². The van der Waals surface area contributed by atoms with Crippen LogP contribution in [0.3, 0.4) is 0 Å². The molecule has 2 saturated heterocycles. The van der Waals surface area contributed by atoms with E-state index in [1.165, 1.54) is 21.3 Å². The van der Waals surface area contributed by atoms with E-state index in [1.54, 1.807) is 0 Å². The SMILES string of the molecule is COP(=O)(CC1COC(C)(C)OC1)OC.COP1(=O)CC(CO)CO1. The summed E-state index contributed by atoms with van der Waals surface area (Å²) in [6.07, 6.45) is 0.677. The smallest absolute Gasteiger partial charge is 0.330 e. The lowest BCUT2D eigenvalue weighted by atomic mass is 10.2. The molecule has 0 aromatic carbocycles. The zero-order chi connectivity index (χ0) is 19.1. The molecule has 1 N–H and O–H groups in total. The molecule has 0 radical (unpaired) electrons. The molecule has 9 nitrogen and oxygen atoms in total. The van der Waals surface area contributed by atoms with Gasteiger partial charge in [-0.3, -0.25) is 9.13 Å². The molecule has 2 aliphatic heterocycles. The standard InChI is InChI=1S/C9H19O5P.C5H11O4P/c1-9(2)13-5-8(6-14-9)7-15(10,11-3)12-4;1-8-10(7)4-5(2-6)3-9-10/h8H,5-7H2,1-4H3;5-6H,2-4H2,1H3. The normalized spacial score (nSPS) is 29.9. The van der Waals surface area contributed by atoms with Crippen molar-refractivity contribution < 1.29 is 41.8 Å². The van der Waals surface area contributed by atoms with Crippen molar-refractivity contribution in [1.82, 2.24) is 0 Å². The van der Waals surface area contributed by atoms with E-state index in [2.05, 4.69) is 4.52 Å². The number of hydrogen-bond acceptors (Lipinski definition) is 9. The highest BCUT2D eigenvalue weighted by Gasteiger charge is 2.35. The van der Waals surface area contributed by atoms with Crippen LogP contribution in [0.15, 0.2) is 0 Å². The van der Waals surface area contributed by atoms with Crippen molar-refractivity contribution in [3.8, 4) is 0 Å². The van der Waals surface area contributed by atoms with Gasteiger partial charge in [0.25, 0.3) is 0 Å². The molecule has 2 rings (SSSR count). The number of aliphatic hydroxyl groups is 1. The lowest BCUT2D eigenvalue weighted by molar-refractivity contribution is -0.259. The molecule has 0 aliphatic carbocycles. The Morgan fingerprint density at radius 2 is 1.68 bits per heavy atom. The first-order valence-corrected chi connectivity index (χ1v) is 11.4. The van der Waals surface area contributed by atoms with Crippen LogP contribution < -0.4 is 0 Å². The van der Waals surface area contributed by atoms with Gasteiger partial charge in [0.15, 0.2) is 5.79 Å². The van der Waals surface area contributed by atoms with Gasteiger partial charge < -0.3 is 32.7 Å². The molecular weight excluding hydrogens is 374 g/mol. The fourth-order valence-electron chi connectivity index (χ4n) is 2.25. The highest BCUT2D eigenvalue weighted by atomic mass is 31.2. The summed E-state index contributed by atoms with van der Waals surface area (Å²) in [6, 6.07) is 0. The van der Waals surface area contributed by atoms with Gasteiger partial charge in [-0.15, -0.1) is 0 Å². The Labute approximate surface area is 149 Å². The van der Waals surface area contributed by atoms with Crippen LogP contribution in [0.2, 0.25) is 0 Å². The molecule has 2 atom stereocenters. The Bertz CT molecular complexity index is 479. The van der Waals surface area contributed by atoms with Crippen LogP contribution in [0, 0.1) is 11.8 Å². The minimum Gasteiger partial charge on any atom is -0.396 e. The second kappa shape index (κ2) is 9.93. The molecule has 2 fully saturated rings. The maximum absolute atomic E-state index is 11.8. The molecule has 0 spiro atoms. The quantitative estimate of drug-likeness (QED) is 0.667. The lowest BCUT2D eigenvalue weighted by Crippen LogP contribution is -2.40. The third-order valence-electron chi connectivity index (χ3n) is 3.90. The van der Waals surface area contributed by atoms with Crippen molar-refractivity contribution >= 4 is 15.2 Å². The summed E-state index contributed by atoms with van der Waals surface area (Å²) in [5.74, 6) is -0.491. The van der Waals surface area contributed by atoms with Gasteiger partial charge in [-0.25, -0.2) is 0 Å². The predicted molar refractivity (Wildman–Crippen MR) is 92.0 cm³/mol. The Kier molecular flexibility index (Phi) is 9.22. The van der Waals surface area contributed by atoms with Crippen molar-refractivity contribution in [2.45, 2.75) is 19.6 Å². The first-order valence-electron chi connectivity index (χ1n) is 7.99. The number of aliphatic hydroxyl groups excluding tert-OH is 1. The molecule has 25 heavy (non-hydrogen) atoms. The Balaban J connectivity index is 0.000000271. The fraction of sp³-hybridized carbons (Fsp3) is 1.00. The molecule has 2 heterocycles. The molecule has 0 aromatic heterocycles. The van der Waals surface area contributed by atoms with E-state index in [1.807, 2.05) is 13.8 Å². The minimum absolute atomic E-state index is 0.00853. The van der Waals surface area contributed by atoms with Crippen LogP contribution >= 0.6 is 15.2 Å². The van der Waals surface area contributed by atoms with Crippen LogP contribution in [-0.2, 0) is 36.7 Å². The van der Waals surface area contributed by atoms with Crippen molar-refractivity contribution in [2.75, 3.05) is 60.1 Å². The molecule has 11 heteroatoms. The summed E-state index contributed by atoms with van der Waals surface area (Å²) in [5.41, 5.74) is 0. The molecular formula is C14H30O9P2. The van der Waals surface area contributed by atoms with Gasteiger partial charge in [0.2, 0.25) is 0 Å². The van der Waals surface area contributed by atoms with E-state index in [-0.39, 0.29) is 18.4 Å². The number of hydrogen-bond donors (Lipinski definition) is 1. The van der Waals surface area contributed by atoms with E-state index in [0.29, 0.717) is 32.1 Å². The number of ether oxygens (including phenoxy) is 2. The lowest BCUT2D eigenvalue weighted by Gasteiger charge is -2.35. The molecule has 0 aromatic rings. The largest absolute Gasteiger partial charge is 0.396 e. The molecule has 150 valence electrons. The average molecular weight is 404 g/mol. The summed E-state index contributed by atoms with van der Waals surface area (Å²) < 4.78 is 53.2. The topological polar surface area (TPSA) is 110 Å². The van der Waals surface area contributed by atoms with Crippen LogP contribution in [0.5, 0.6) is 0 Å². The van der Waals surface area contributed by atoms with E-state index in [9.17, 15) is 9.13 Å². The molecule has 0 bridgehead atoms. The summed E-state index contributed by atoms with van der Waals surface area (Å²) in [5, 5.41) is 8.64. The van der Waals surface area contributed by atoms with Crippen LogP contribution in [0.4, 0.5) is 0 Å². The highest BCUT2D eigenvalue weighted by molar-refractivity contribution is 7.54. The Morgan fingerprint density at radius 1 is 1.12 bits per heavy atom. The van der Waals surface area contributed by atoms with E-state index in [4.69, 9.17) is 28.2 Å². The zero-order valence-corrected chi connectivity index (χ0v) is 17.3. The van der Waals surface area contributed by atoms with Gasteiger partial charge in [0.1, 0.15) is 0 Å². The predicted octanol–water partition coefficient (Wildman–Crippen LogP) is 2.34.